The molecule has 1 heterocycles. The Hall–Kier alpha value is -1.20. The monoisotopic (exact) mass is 307 g/mol. The summed E-state index contributed by atoms with van der Waals surface area (Å²) in [6.07, 6.45) is 2.57. The molecule has 0 spiro atoms. The molecule has 0 unspecified atom stereocenters. The van der Waals surface area contributed by atoms with Crippen molar-refractivity contribution in [3.8, 4) is 0 Å². The largest absolute Gasteiger partial charge is 0.371 e. The summed E-state index contributed by atoms with van der Waals surface area (Å²) in [6.45, 7) is 4.68. The molecule has 116 valence electrons. The highest BCUT2D eigenvalue weighted by molar-refractivity contribution is 7.99. The highest BCUT2D eigenvalue weighted by Gasteiger charge is 2.22. The van der Waals surface area contributed by atoms with Gasteiger partial charge in [-0.3, -0.25) is 4.79 Å². The molecule has 1 aromatic rings. The summed E-state index contributed by atoms with van der Waals surface area (Å²) in [5.41, 5.74) is 13.8. The van der Waals surface area contributed by atoms with Crippen LogP contribution in [0.1, 0.15) is 31.7 Å². The lowest BCUT2D eigenvalue weighted by Gasteiger charge is -2.34. The van der Waals surface area contributed by atoms with Gasteiger partial charge in [-0.15, -0.1) is 11.8 Å². The van der Waals surface area contributed by atoms with Gasteiger partial charge in [0, 0.05) is 42.2 Å². The van der Waals surface area contributed by atoms with Gasteiger partial charge in [-0.2, -0.15) is 0 Å². The van der Waals surface area contributed by atoms with Gasteiger partial charge in [0.15, 0.2) is 0 Å². The number of anilines is 1. The SMILES string of the molecule is CCSc1cccc(N2CCC(CC(N)=O)CC2)c1CN. The molecule has 1 saturated heterocycles. The maximum atomic E-state index is 11.0. The van der Waals surface area contributed by atoms with Crippen molar-refractivity contribution in [2.24, 2.45) is 17.4 Å². The number of benzene rings is 1. The molecule has 5 heteroatoms. The number of carbonyl (C=O) groups is 1. The van der Waals surface area contributed by atoms with E-state index in [1.54, 1.807) is 0 Å². The van der Waals surface area contributed by atoms with Gasteiger partial charge in [0.2, 0.25) is 5.91 Å². The van der Waals surface area contributed by atoms with E-state index in [2.05, 4.69) is 30.0 Å². The van der Waals surface area contributed by atoms with Crippen LogP contribution in [0.2, 0.25) is 0 Å². The van der Waals surface area contributed by atoms with E-state index in [-0.39, 0.29) is 5.91 Å². The smallest absolute Gasteiger partial charge is 0.217 e. The molecule has 21 heavy (non-hydrogen) atoms. The Labute approximate surface area is 131 Å². The van der Waals surface area contributed by atoms with Crippen LogP contribution in [0.25, 0.3) is 0 Å². The number of amides is 1. The van der Waals surface area contributed by atoms with E-state index < -0.39 is 0 Å². The van der Waals surface area contributed by atoms with Gasteiger partial charge in [-0.05, 0) is 36.6 Å². The van der Waals surface area contributed by atoms with Crippen LogP contribution in [0.15, 0.2) is 23.1 Å². The van der Waals surface area contributed by atoms with Crippen molar-refractivity contribution in [1.29, 1.82) is 0 Å². The molecule has 2 rings (SSSR count). The molecule has 1 fully saturated rings. The lowest BCUT2D eigenvalue weighted by atomic mass is 9.92. The number of piperidine rings is 1. The minimum atomic E-state index is -0.183. The van der Waals surface area contributed by atoms with Crippen LogP contribution in [0.3, 0.4) is 0 Å². The van der Waals surface area contributed by atoms with E-state index in [0.717, 1.165) is 31.7 Å². The third-order valence-corrected chi connectivity index (χ3v) is 5.04. The second-order valence-corrected chi connectivity index (χ2v) is 6.80. The summed E-state index contributed by atoms with van der Waals surface area (Å²) < 4.78 is 0. The van der Waals surface area contributed by atoms with Crippen LogP contribution >= 0.6 is 11.8 Å². The molecule has 0 atom stereocenters. The second-order valence-electron chi connectivity index (χ2n) is 5.49. The average Bonchev–Trinajstić information content (AvgIpc) is 2.47. The third kappa shape index (κ3) is 4.14. The summed E-state index contributed by atoms with van der Waals surface area (Å²) in [6, 6.07) is 6.43. The van der Waals surface area contributed by atoms with Gasteiger partial charge in [0.1, 0.15) is 0 Å². The maximum Gasteiger partial charge on any atom is 0.217 e. The summed E-state index contributed by atoms with van der Waals surface area (Å²) >= 11 is 1.85. The Bertz CT molecular complexity index is 484. The van der Waals surface area contributed by atoms with E-state index in [1.165, 1.54) is 16.1 Å². The fourth-order valence-corrected chi connectivity index (χ4v) is 3.86. The van der Waals surface area contributed by atoms with Crippen LogP contribution in [-0.2, 0) is 11.3 Å². The molecule has 1 aliphatic rings. The van der Waals surface area contributed by atoms with Crippen LogP contribution in [0.4, 0.5) is 5.69 Å². The topological polar surface area (TPSA) is 72.3 Å². The average molecular weight is 307 g/mol. The predicted octanol–water partition coefficient (Wildman–Crippen LogP) is 2.35. The van der Waals surface area contributed by atoms with Gasteiger partial charge in [0.05, 0.1) is 0 Å². The van der Waals surface area contributed by atoms with E-state index in [4.69, 9.17) is 11.5 Å². The van der Waals surface area contributed by atoms with E-state index in [0.29, 0.717) is 18.9 Å². The Morgan fingerprint density at radius 1 is 1.38 bits per heavy atom. The first-order valence-electron chi connectivity index (χ1n) is 7.63. The van der Waals surface area contributed by atoms with Crippen molar-refractivity contribution >= 4 is 23.4 Å². The number of carbonyl (C=O) groups excluding carboxylic acids is 1. The summed E-state index contributed by atoms with van der Waals surface area (Å²) in [7, 11) is 0. The lowest BCUT2D eigenvalue weighted by molar-refractivity contribution is -0.119. The van der Waals surface area contributed by atoms with Crippen molar-refractivity contribution in [1.82, 2.24) is 0 Å². The molecule has 1 amide bonds. The van der Waals surface area contributed by atoms with Crippen LogP contribution in [0, 0.1) is 5.92 Å². The Balaban J connectivity index is 2.09. The number of rotatable bonds is 6. The molecule has 4 N–H and O–H groups in total. The molecule has 0 saturated carbocycles. The molecule has 0 bridgehead atoms. The third-order valence-electron chi connectivity index (χ3n) is 4.06. The van der Waals surface area contributed by atoms with Crippen molar-refractivity contribution in [2.45, 2.75) is 37.6 Å². The van der Waals surface area contributed by atoms with Crippen molar-refractivity contribution in [3.05, 3.63) is 23.8 Å². The highest BCUT2D eigenvalue weighted by atomic mass is 32.2. The predicted molar refractivity (Wildman–Crippen MR) is 89.5 cm³/mol. The molecule has 1 aromatic carbocycles. The van der Waals surface area contributed by atoms with Crippen molar-refractivity contribution < 1.29 is 4.79 Å². The van der Waals surface area contributed by atoms with Gasteiger partial charge in [0.25, 0.3) is 0 Å². The minimum absolute atomic E-state index is 0.183. The zero-order valence-corrected chi connectivity index (χ0v) is 13.5. The van der Waals surface area contributed by atoms with E-state index >= 15 is 0 Å². The summed E-state index contributed by atoms with van der Waals surface area (Å²) in [5.74, 6) is 1.31. The quantitative estimate of drug-likeness (QED) is 0.791. The van der Waals surface area contributed by atoms with Crippen molar-refractivity contribution in [3.63, 3.8) is 0 Å². The number of nitrogens with two attached hydrogens (primary N) is 2. The molecule has 1 aliphatic heterocycles. The maximum absolute atomic E-state index is 11.0. The fraction of sp³-hybridized carbons (Fsp3) is 0.562. The number of hydrogen-bond acceptors (Lipinski definition) is 4. The first kappa shape index (κ1) is 16.2. The second kappa shape index (κ2) is 7.71. The summed E-state index contributed by atoms with van der Waals surface area (Å²) in [5, 5.41) is 0. The number of nitrogens with zero attached hydrogens (tertiary/aromatic N) is 1. The molecule has 0 aromatic heterocycles. The molecule has 0 aliphatic carbocycles. The van der Waals surface area contributed by atoms with Gasteiger partial charge < -0.3 is 16.4 Å². The molecule has 0 radical (unpaired) electrons. The first-order valence-corrected chi connectivity index (χ1v) is 8.62. The molecular formula is C16H25N3OS. The van der Waals surface area contributed by atoms with Gasteiger partial charge >= 0.3 is 0 Å². The zero-order valence-electron chi connectivity index (χ0n) is 12.7. The number of thioether (sulfide) groups is 1. The standard InChI is InChI=1S/C16H25N3OS/c1-2-21-15-5-3-4-14(13(15)11-17)19-8-6-12(7-9-19)10-16(18)20/h3-5,12H,2,6-11,17H2,1H3,(H2,18,20). The van der Waals surface area contributed by atoms with Crippen LogP contribution in [0.5, 0.6) is 0 Å². The van der Waals surface area contributed by atoms with Gasteiger partial charge in [-0.25, -0.2) is 0 Å². The minimum Gasteiger partial charge on any atom is -0.371 e. The van der Waals surface area contributed by atoms with E-state index in [9.17, 15) is 4.79 Å². The Morgan fingerprint density at radius 3 is 2.67 bits per heavy atom. The number of primary amides is 1. The fourth-order valence-electron chi connectivity index (χ4n) is 3.01. The molecular weight excluding hydrogens is 282 g/mol. The number of hydrogen-bond donors (Lipinski definition) is 2. The first-order chi connectivity index (χ1) is 10.2. The molecule has 4 nitrogen and oxygen atoms in total. The lowest BCUT2D eigenvalue weighted by Crippen LogP contribution is -2.35. The van der Waals surface area contributed by atoms with Crippen LogP contribution in [-0.4, -0.2) is 24.7 Å². The summed E-state index contributed by atoms with van der Waals surface area (Å²) in [4.78, 5) is 14.7. The zero-order chi connectivity index (χ0) is 15.2. The van der Waals surface area contributed by atoms with Gasteiger partial charge in [-0.1, -0.05) is 13.0 Å². The highest BCUT2D eigenvalue weighted by Crippen LogP contribution is 2.33. The normalized spacial score (nSPS) is 16.2. The Morgan fingerprint density at radius 2 is 2.10 bits per heavy atom. The Kier molecular flexibility index (Phi) is 5.94. The van der Waals surface area contributed by atoms with Crippen molar-refractivity contribution in [2.75, 3.05) is 23.7 Å². The van der Waals surface area contributed by atoms with E-state index in [1.807, 2.05) is 11.8 Å². The van der Waals surface area contributed by atoms with Crippen LogP contribution < -0.4 is 16.4 Å².